The molecular weight excluding hydrogens is 307 g/mol. The summed E-state index contributed by atoms with van der Waals surface area (Å²) in [5.41, 5.74) is 4.02. The summed E-state index contributed by atoms with van der Waals surface area (Å²) in [6, 6.07) is 11.2. The first kappa shape index (κ1) is 14.3. The van der Waals surface area contributed by atoms with Crippen LogP contribution in [0.5, 0.6) is 0 Å². The number of H-pyrrole nitrogens is 1. The summed E-state index contributed by atoms with van der Waals surface area (Å²) in [7, 11) is 0. The van der Waals surface area contributed by atoms with Crippen LogP contribution in [-0.4, -0.2) is 9.55 Å². The molecule has 0 aliphatic heterocycles. The summed E-state index contributed by atoms with van der Waals surface area (Å²) >= 11 is 11.1. The van der Waals surface area contributed by atoms with Crippen LogP contribution in [0.25, 0.3) is 11.0 Å². The smallest absolute Gasteiger partial charge is 0.178 e. The molecule has 0 saturated carbocycles. The first-order valence-corrected chi connectivity index (χ1v) is 7.47. The van der Waals surface area contributed by atoms with Crippen molar-refractivity contribution in [2.45, 2.75) is 19.9 Å². The lowest BCUT2D eigenvalue weighted by atomic mass is 10.1. The van der Waals surface area contributed by atoms with Gasteiger partial charge in [0, 0.05) is 12.6 Å². The zero-order valence-corrected chi connectivity index (χ0v) is 13.1. The number of aromatic amines is 1. The summed E-state index contributed by atoms with van der Waals surface area (Å²) in [6.07, 6.45) is 0.845. The number of aryl methyl sites for hydroxylation is 3. The monoisotopic (exact) mass is 320 g/mol. The molecule has 2 nitrogen and oxygen atoms in total. The first-order valence-electron chi connectivity index (χ1n) is 6.68. The van der Waals surface area contributed by atoms with Crippen LogP contribution in [0.3, 0.4) is 0 Å². The molecule has 0 saturated heterocycles. The number of hydrogen-bond donors (Lipinski definition) is 1. The molecule has 1 aromatic heterocycles. The zero-order chi connectivity index (χ0) is 15.0. The molecule has 0 unspecified atom stereocenters. The molecule has 0 bridgehead atoms. The third-order valence-corrected chi connectivity index (χ3v) is 4.29. The number of nitrogens with one attached hydrogen (secondary N) is 1. The lowest BCUT2D eigenvalue weighted by Crippen LogP contribution is -2.02. The fourth-order valence-electron chi connectivity index (χ4n) is 2.50. The molecular formula is C16H14ClFN2S. The van der Waals surface area contributed by atoms with E-state index in [1.165, 1.54) is 17.2 Å². The number of nitrogens with zero attached hydrogens (tertiary/aromatic N) is 1. The zero-order valence-electron chi connectivity index (χ0n) is 11.5. The van der Waals surface area contributed by atoms with Gasteiger partial charge in [0.05, 0.1) is 16.1 Å². The molecule has 2 aromatic carbocycles. The van der Waals surface area contributed by atoms with Gasteiger partial charge in [0.2, 0.25) is 0 Å². The van der Waals surface area contributed by atoms with Gasteiger partial charge in [0.15, 0.2) is 4.77 Å². The SMILES string of the molecule is Cc1ccccc1CCn1c(=S)[nH]c2cc(Cl)c(F)cc21. The summed E-state index contributed by atoms with van der Waals surface area (Å²) in [5.74, 6) is -0.428. The van der Waals surface area contributed by atoms with E-state index in [0.717, 1.165) is 17.5 Å². The van der Waals surface area contributed by atoms with E-state index >= 15 is 0 Å². The summed E-state index contributed by atoms with van der Waals surface area (Å²) in [6.45, 7) is 2.79. The van der Waals surface area contributed by atoms with E-state index in [4.69, 9.17) is 23.8 Å². The predicted molar refractivity (Wildman–Crippen MR) is 87.0 cm³/mol. The van der Waals surface area contributed by atoms with Gasteiger partial charge in [-0.05, 0) is 42.8 Å². The van der Waals surface area contributed by atoms with E-state index in [-0.39, 0.29) is 5.02 Å². The second kappa shape index (κ2) is 5.62. The van der Waals surface area contributed by atoms with Crippen molar-refractivity contribution in [1.29, 1.82) is 0 Å². The highest BCUT2D eigenvalue weighted by Gasteiger charge is 2.09. The van der Waals surface area contributed by atoms with Crippen molar-refractivity contribution in [1.82, 2.24) is 9.55 Å². The van der Waals surface area contributed by atoms with Crippen LogP contribution >= 0.6 is 23.8 Å². The molecule has 21 heavy (non-hydrogen) atoms. The van der Waals surface area contributed by atoms with Crippen molar-refractivity contribution < 1.29 is 4.39 Å². The van der Waals surface area contributed by atoms with Gasteiger partial charge >= 0.3 is 0 Å². The maximum atomic E-state index is 13.7. The topological polar surface area (TPSA) is 20.7 Å². The molecule has 0 aliphatic carbocycles. The fraction of sp³-hybridized carbons (Fsp3) is 0.188. The average Bonchev–Trinajstić information content (AvgIpc) is 2.74. The van der Waals surface area contributed by atoms with Gasteiger partial charge in [-0.2, -0.15) is 0 Å². The van der Waals surface area contributed by atoms with Gasteiger partial charge in [-0.15, -0.1) is 0 Å². The Kier molecular flexibility index (Phi) is 3.83. The third kappa shape index (κ3) is 2.74. The number of aromatic nitrogens is 2. The Hall–Kier alpha value is -1.65. The van der Waals surface area contributed by atoms with Crippen molar-refractivity contribution in [3.63, 3.8) is 0 Å². The number of halogens is 2. The number of rotatable bonds is 3. The second-order valence-electron chi connectivity index (χ2n) is 5.04. The van der Waals surface area contributed by atoms with E-state index in [0.29, 0.717) is 11.3 Å². The van der Waals surface area contributed by atoms with Crippen LogP contribution < -0.4 is 0 Å². The van der Waals surface area contributed by atoms with Crippen LogP contribution in [0.4, 0.5) is 4.39 Å². The van der Waals surface area contributed by atoms with E-state index in [1.54, 1.807) is 6.07 Å². The van der Waals surface area contributed by atoms with E-state index in [9.17, 15) is 4.39 Å². The number of hydrogen-bond acceptors (Lipinski definition) is 1. The Morgan fingerprint density at radius 3 is 2.81 bits per heavy atom. The van der Waals surface area contributed by atoms with Crippen molar-refractivity contribution >= 4 is 34.9 Å². The molecule has 0 amide bonds. The molecule has 0 fully saturated rings. The number of benzene rings is 2. The fourth-order valence-corrected chi connectivity index (χ4v) is 2.96. The number of imidazole rings is 1. The van der Waals surface area contributed by atoms with Gasteiger partial charge in [-0.1, -0.05) is 35.9 Å². The van der Waals surface area contributed by atoms with Crippen LogP contribution in [0.2, 0.25) is 5.02 Å². The normalized spacial score (nSPS) is 11.2. The summed E-state index contributed by atoms with van der Waals surface area (Å²) in [5, 5.41) is 0.102. The molecule has 0 spiro atoms. The molecule has 3 aromatic rings. The minimum absolute atomic E-state index is 0.102. The lowest BCUT2D eigenvalue weighted by molar-refractivity contribution is 0.627. The van der Waals surface area contributed by atoms with Gasteiger partial charge in [-0.3, -0.25) is 0 Å². The van der Waals surface area contributed by atoms with Crippen LogP contribution in [0, 0.1) is 17.5 Å². The van der Waals surface area contributed by atoms with Gasteiger partial charge in [0.1, 0.15) is 5.82 Å². The highest BCUT2D eigenvalue weighted by atomic mass is 35.5. The Morgan fingerprint density at radius 2 is 2.05 bits per heavy atom. The maximum Gasteiger partial charge on any atom is 0.178 e. The summed E-state index contributed by atoms with van der Waals surface area (Å²) in [4.78, 5) is 3.07. The van der Waals surface area contributed by atoms with Crippen molar-refractivity contribution in [3.8, 4) is 0 Å². The highest BCUT2D eigenvalue weighted by Crippen LogP contribution is 2.23. The van der Waals surface area contributed by atoms with Gasteiger partial charge in [-0.25, -0.2) is 4.39 Å². The van der Waals surface area contributed by atoms with Crippen molar-refractivity contribution in [3.05, 3.63) is 63.1 Å². The van der Waals surface area contributed by atoms with Crippen molar-refractivity contribution in [2.24, 2.45) is 0 Å². The second-order valence-corrected chi connectivity index (χ2v) is 5.84. The minimum Gasteiger partial charge on any atom is -0.331 e. The largest absolute Gasteiger partial charge is 0.331 e. The maximum absolute atomic E-state index is 13.7. The molecule has 0 atom stereocenters. The van der Waals surface area contributed by atoms with Gasteiger partial charge < -0.3 is 9.55 Å². The predicted octanol–water partition coefficient (Wildman–Crippen LogP) is 5.04. The Morgan fingerprint density at radius 1 is 1.29 bits per heavy atom. The standard InChI is InChI=1S/C16H14ClFN2S/c1-10-4-2-3-5-11(10)6-7-20-15-9-13(18)12(17)8-14(15)19-16(20)21/h2-5,8-9H,6-7H2,1H3,(H,19,21). The van der Waals surface area contributed by atoms with Crippen LogP contribution in [-0.2, 0) is 13.0 Å². The van der Waals surface area contributed by atoms with Crippen LogP contribution in [0.15, 0.2) is 36.4 Å². The molecule has 1 N–H and O–H groups in total. The van der Waals surface area contributed by atoms with Crippen LogP contribution in [0.1, 0.15) is 11.1 Å². The Bertz CT molecular complexity index is 866. The van der Waals surface area contributed by atoms with Gasteiger partial charge in [0.25, 0.3) is 0 Å². The summed E-state index contributed by atoms with van der Waals surface area (Å²) < 4.78 is 16.2. The quantitative estimate of drug-likeness (QED) is 0.670. The number of fused-ring (bicyclic) bond motifs is 1. The molecule has 1 heterocycles. The lowest BCUT2D eigenvalue weighted by Gasteiger charge is -2.07. The molecule has 108 valence electrons. The van der Waals surface area contributed by atoms with E-state index in [2.05, 4.69) is 24.0 Å². The molecule has 0 aliphatic rings. The minimum atomic E-state index is -0.428. The van der Waals surface area contributed by atoms with Crippen molar-refractivity contribution in [2.75, 3.05) is 0 Å². The van der Waals surface area contributed by atoms with E-state index in [1.807, 2.05) is 16.7 Å². The third-order valence-electron chi connectivity index (χ3n) is 3.68. The Labute approximate surface area is 132 Å². The highest BCUT2D eigenvalue weighted by molar-refractivity contribution is 7.71. The molecule has 0 radical (unpaired) electrons. The molecule has 5 heteroatoms. The Balaban J connectivity index is 1.97. The molecule has 3 rings (SSSR count). The average molecular weight is 321 g/mol. The van der Waals surface area contributed by atoms with E-state index < -0.39 is 5.82 Å². The first-order chi connectivity index (χ1) is 10.1.